The van der Waals surface area contributed by atoms with Gasteiger partial charge in [0.1, 0.15) is 0 Å². The lowest BCUT2D eigenvalue weighted by Crippen LogP contribution is -2.46. The zero-order valence-corrected chi connectivity index (χ0v) is 14.0. The maximum atomic E-state index is 12.7. The Balaban J connectivity index is 2.18. The van der Waals surface area contributed by atoms with E-state index < -0.39 is 10.0 Å². The fraction of sp³-hybridized carbons (Fsp3) is 0.625. The Morgan fingerprint density at radius 1 is 1.33 bits per heavy atom. The lowest BCUT2D eigenvalue weighted by Gasteiger charge is -2.31. The molecule has 0 radical (unpaired) electrons. The molecule has 118 valence electrons. The van der Waals surface area contributed by atoms with Crippen LogP contribution in [0.25, 0.3) is 0 Å². The molecule has 1 N–H and O–H groups in total. The van der Waals surface area contributed by atoms with Gasteiger partial charge in [0.15, 0.2) is 0 Å². The normalized spacial score (nSPS) is 21.4. The van der Waals surface area contributed by atoms with E-state index in [-0.39, 0.29) is 6.04 Å². The number of rotatable bonds is 5. The molecule has 0 bridgehead atoms. The van der Waals surface area contributed by atoms with Gasteiger partial charge in [-0.05, 0) is 49.4 Å². The molecule has 1 fully saturated rings. The largest absolute Gasteiger partial charge is 0.315 e. The van der Waals surface area contributed by atoms with Crippen LogP contribution in [0.1, 0.15) is 44.6 Å². The van der Waals surface area contributed by atoms with Crippen LogP contribution in [0.3, 0.4) is 0 Å². The highest BCUT2D eigenvalue weighted by Gasteiger charge is 2.28. The third-order valence-electron chi connectivity index (χ3n) is 4.52. The maximum Gasteiger partial charge on any atom is 0.243 e. The van der Waals surface area contributed by atoms with Crippen molar-refractivity contribution in [3.05, 3.63) is 29.8 Å². The number of sulfonamides is 1. The monoisotopic (exact) mass is 310 g/mol. The quantitative estimate of drug-likeness (QED) is 0.909. The first kappa shape index (κ1) is 16.5. The summed E-state index contributed by atoms with van der Waals surface area (Å²) >= 11 is 0. The van der Waals surface area contributed by atoms with Crippen LogP contribution < -0.4 is 5.32 Å². The molecule has 0 aliphatic carbocycles. The molecule has 2 rings (SSSR count). The van der Waals surface area contributed by atoms with E-state index in [9.17, 15) is 8.42 Å². The number of piperidine rings is 1. The van der Waals surface area contributed by atoms with Crippen LogP contribution in [-0.2, 0) is 10.0 Å². The van der Waals surface area contributed by atoms with E-state index in [1.807, 2.05) is 12.1 Å². The zero-order chi connectivity index (χ0) is 15.5. The summed E-state index contributed by atoms with van der Waals surface area (Å²) in [5.41, 5.74) is 1.19. The molecule has 0 amide bonds. The number of hydrogen-bond acceptors (Lipinski definition) is 3. The highest BCUT2D eigenvalue weighted by Crippen LogP contribution is 2.23. The zero-order valence-electron chi connectivity index (χ0n) is 13.2. The fourth-order valence-corrected chi connectivity index (χ4v) is 4.10. The molecular formula is C16H26N2O2S. The van der Waals surface area contributed by atoms with Crippen LogP contribution in [0, 0.1) is 0 Å². The standard InChI is InChI=1S/C16H26N2O2S/c1-4-13(2)14-7-9-16(10-8-14)21(19,20)18(3)15-6-5-11-17-12-15/h7-10,13,15,17H,4-6,11-12H2,1-3H3. The van der Waals surface area contributed by atoms with Gasteiger partial charge in [0.25, 0.3) is 0 Å². The first-order chi connectivity index (χ1) is 9.96. The van der Waals surface area contributed by atoms with Gasteiger partial charge in [-0.15, -0.1) is 0 Å². The Morgan fingerprint density at radius 2 is 2.00 bits per heavy atom. The molecule has 4 nitrogen and oxygen atoms in total. The molecule has 21 heavy (non-hydrogen) atoms. The van der Waals surface area contributed by atoms with E-state index in [1.165, 1.54) is 9.87 Å². The molecular weight excluding hydrogens is 284 g/mol. The number of nitrogens with one attached hydrogen (secondary N) is 1. The van der Waals surface area contributed by atoms with Gasteiger partial charge in [0.2, 0.25) is 10.0 Å². The first-order valence-electron chi connectivity index (χ1n) is 7.75. The minimum atomic E-state index is -3.39. The molecule has 0 saturated carbocycles. The second kappa shape index (κ2) is 6.90. The molecule has 0 spiro atoms. The van der Waals surface area contributed by atoms with E-state index in [0.717, 1.165) is 32.4 Å². The van der Waals surface area contributed by atoms with E-state index in [1.54, 1.807) is 19.2 Å². The highest BCUT2D eigenvalue weighted by atomic mass is 32.2. The van der Waals surface area contributed by atoms with Crippen molar-refractivity contribution in [2.75, 3.05) is 20.1 Å². The summed E-state index contributed by atoms with van der Waals surface area (Å²) in [5.74, 6) is 0.460. The smallest absolute Gasteiger partial charge is 0.243 e. The number of benzene rings is 1. The first-order valence-corrected chi connectivity index (χ1v) is 9.19. The molecule has 0 aromatic heterocycles. The van der Waals surface area contributed by atoms with Gasteiger partial charge < -0.3 is 5.32 Å². The molecule has 1 heterocycles. The molecule has 5 heteroatoms. The molecule has 2 atom stereocenters. The summed E-state index contributed by atoms with van der Waals surface area (Å²) in [5, 5.41) is 3.26. The van der Waals surface area contributed by atoms with Gasteiger partial charge in [-0.25, -0.2) is 8.42 Å². The maximum absolute atomic E-state index is 12.7. The lowest BCUT2D eigenvalue weighted by atomic mass is 9.99. The van der Waals surface area contributed by atoms with Crippen LogP contribution in [0.2, 0.25) is 0 Å². The van der Waals surface area contributed by atoms with E-state index >= 15 is 0 Å². The summed E-state index contributed by atoms with van der Waals surface area (Å²) in [6.07, 6.45) is 3.00. The Kier molecular flexibility index (Phi) is 5.41. The van der Waals surface area contributed by atoms with Crippen molar-refractivity contribution in [3.8, 4) is 0 Å². The molecule has 1 aliphatic rings. The summed E-state index contributed by atoms with van der Waals surface area (Å²) in [4.78, 5) is 0.391. The SMILES string of the molecule is CCC(C)c1ccc(S(=O)(=O)N(C)C2CCCNC2)cc1. The Morgan fingerprint density at radius 3 is 2.52 bits per heavy atom. The number of nitrogens with zero attached hydrogens (tertiary/aromatic N) is 1. The topological polar surface area (TPSA) is 49.4 Å². The van der Waals surface area contributed by atoms with Crippen molar-refractivity contribution in [2.45, 2.75) is 50.0 Å². The average molecular weight is 310 g/mol. The van der Waals surface area contributed by atoms with Crippen molar-refractivity contribution in [1.82, 2.24) is 9.62 Å². The van der Waals surface area contributed by atoms with E-state index in [0.29, 0.717) is 10.8 Å². The van der Waals surface area contributed by atoms with Gasteiger partial charge in [-0.1, -0.05) is 26.0 Å². The van der Waals surface area contributed by atoms with Crippen LogP contribution in [0.4, 0.5) is 0 Å². The molecule has 2 unspecified atom stereocenters. The van der Waals surface area contributed by atoms with Crippen LogP contribution >= 0.6 is 0 Å². The van der Waals surface area contributed by atoms with Crippen molar-refractivity contribution >= 4 is 10.0 Å². The number of likely N-dealkylation sites (N-methyl/N-ethyl adjacent to an activating group) is 1. The summed E-state index contributed by atoms with van der Waals surface area (Å²) < 4.78 is 26.9. The summed E-state index contributed by atoms with van der Waals surface area (Å²) in [6, 6.07) is 7.41. The van der Waals surface area contributed by atoms with Crippen molar-refractivity contribution in [3.63, 3.8) is 0 Å². The second-order valence-corrected chi connectivity index (χ2v) is 7.90. The van der Waals surface area contributed by atoms with E-state index in [2.05, 4.69) is 19.2 Å². The minimum absolute atomic E-state index is 0.0537. The second-order valence-electron chi connectivity index (χ2n) is 5.90. The Labute approximate surface area is 128 Å². The number of hydrogen-bond donors (Lipinski definition) is 1. The van der Waals surface area contributed by atoms with Crippen molar-refractivity contribution < 1.29 is 8.42 Å². The van der Waals surface area contributed by atoms with Gasteiger partial charge in [-0.2, -0.15) is 4.31 Å². The van der Waals surface area contributed by atoms with E-state index in [4.69, 9.17) is 0 Å². The minimum Gasteiger partial charge on any atom is -0.315 e. The van der Waals surface area contributed by atoms with Gasteiger partial charge in [0, 0.05) is 19.6 Å². The lowest BCUT2D eigenvalue weighted by molar-refractivity contribution is 0.300. The molecule has 1 aliphatic heterocycles. The molecule has 1 aromatic carbocycles. The summed E-state index contributed by atoms with van der Waals surface area (Å²) in [7, 11) is -1.70. The average Bonchev–Trinajstić information content (AvgIpc) is 2.54. The van der Waals surface area contributed by atoms with Gasteiger partial charge in [0.05, 0.1) is 4.90 Å². The molecule has 1 aromatic rings. The van der Waals surface area contributed by atoms with Crippen LogP contribution in [0.15, 0.2) is 29.2 Å². The predicted octanol–water partition coefficient (Wildman–Crippen LogP) is 2.57. The third-order valence-corrected chi connectivity index (χ3v) is 6.45. The van der Waals surface area contributed by atoms with Crippen molar-refractivity contribution in [2.24, 2.45) is 0 Å². The van der Waals surface area contributed by atoms with Gasteiger partial charge in [-0.3, -0.25) is 0 Å². The van der Waals surface area contributed by atoms with Crippen molar-refractivity contribution in [1.29, 1.82) is 0 Å². The molecule has 1 saturated heterocycles. The third kappa shape index (κ3) is 3.65. The summed E-state index contributed by atoms with van der Waals surface area (Å²) in [6.45, 7) is 6.01. The Bertz CT molecular complexity index is 548. The highest BCUT2D eigenvalue weighted by molar-refractivity contribution is 7.89. The van der Waals surface area contributed by atoms with Crippen LogP contribution in [-0.4, -0.2) is 38.9 Å². The van der Waals surface area contributed by atoms with Crippen LogP contribution in [0.5, 0.6) is 0 Å². The van der Waals surface area contributed by atoms with Gasteiger partial charge >= 0.3 is 0 Å². The predicted molar refractivity (Wildman–Crippen MR) is 86.0 cm³/mol. The Hall–Kier alpha value is -0.910. The fourth-order valence-electron chi connectivity index (χ4n) is 2.71.